The van der Waals surface area contributed by atoms with Crippen LogP contribution in [0.4, 0.5) is 4.39 Å². The van der Waals surface area contributed by atoms with E-state index < -0.39 is 17.9 Å². The summed E-state index contributed by atoms with van der Waals surface area (Å²) >= 11 is 6.02. The number of allylic oxidation sites excluding steroid dienone is 1. The van der Waals surface area contributed by atoms with Crippen LogP contribution in [-0.2, 0) is 9.53 Å². The monoisotopic (exact) mass is 404 g/mol. The molecule has 146 valence electrons. The normalized spacial score (nSPS) is 15.2. The number of benzene rings is 2. The minimum absolute atomic E-state index is 0.0410. The van der Waals surface area contributed by atoms with Crippen LogP contribution in [0, 0.1) is 12.7 Å². The van der Waals surface area contributed by atoms with Gasteiger partial charge in [0, 0.05) is 11.1 Å². The van der Waals surface area contributed by atoms with Gasteiger partial charge in [0.2, 0.25) is 5.78 Å². The molecule has 0 saturated carbocycles. The van der Waals surface area contributed by atoms with Crippen LogP contribution < -0.4 is 9.47 Å². The molecule has 0 aliphatic carbocycles. The number of esters is 1. The second kappa shape index (κ2) is 8.02. The second-order valence-electron chi connectivity index (χ2n) is 6.15. The average molecular weight is 405 g/mol. The minimum atomic E-state index is -0.818. The van der Waals surface area contributed by atoms with Gasteiger partial charge in [-0.2, -0.15) is 0 Å². The van der Waals surface area contributed by atoms with Crippen LogP contribution in [0.5, 0.6) is 11.5 Å². The lowest BCUT2D eigenvalue weighted by molar-refractivity contribution is -0.150. The zero-order chi connectivity index (χ0) is 20.4. The maximum atomic E-state index is 14.0. The Morgan fingerprint density at radius 2 is 2.07 bits per heavy atom. The maximum Gasteiger partial charge on any atom is 0.347 e. The first-order valence-corrected chi connectivity index (χ1v) is 9.06. The zero-order valence-electron chi connectivity index (χ0n) is 15.5. The molecule has 3 rings (SSSR count). The molecular weight excluding hydrogens is 387 g/mol. The maximum absolute atomic E-state index is 14.0. The fourth-order valence-electron chi connectivity index (χ4n) is 2.77. The molecule has 0 saturated heterocycles. The molecule has 2 aromatic rings. The van der Waals surface area contributed by atoms with Gasteiger partial charge in [-0.05, 0) is 51.1 Å². The van der Waals surface area contributed by atoms with Gasteiger partial charge in [-0.15, -0.1) is 0 Å². The van der Waals surface area contributed by atoms with E-state index in [1.165, 1.54) is 24.3 Å². The third kappa shape index (κ3) is 3.73. The summed E-state index contributed by atoms with van der Waals surface area (Å²) in [6.07, 6.45) is 0.460. The number of carbonyl (C=O) groups excluding carboxylic acids is 2. The van der Waals surface area contributed by atoms with Gasteiger partial charge in [0.05, 0.1) is 17.2 Å². The minimum Gasteiger partial charge on any atom is -0.479 e. The first kappa shape index (κ1) is 19.9. The van der Waals surface area contributed by atoms with Crippen LogP contribution in [0.2, 0.25) is 5.02 Å². The van der Waals surface area contributed by atoms with Crippen molar-refractivity contribution in [1.29, 1.82) is 0 Å². The first-order chi connectivity index (χ1) is 13.3. The largest absolute Gasteiger partial charge is 0.479 e. The number of rotatable bonds is 5. The molecule has 1 heterocycles. The van der Waals surface area contributed by atoms with Crippen LogP contribution in [0.15, 0.2) is 36.1 Å². The number of hydrogen-bond donors (Lipinski definition) is 0. The molecule has 0 spiro atoms. The van der Waals surface area contributed by atoms with Gasteiger partial charge in [0.1, 0.15) is 17.3 Å². The number of carbonyl (C=O) groups is 2. The van der Waals surface area contributed by atoms with Gasteiger partial charge in [-0.25, -0.2) is 9.18 Å². The fourth-order valence-corrected chi connectivity index (χ4v) is 2.99. The number of ketones is 1. The third-order valence-corrected chi connectivity index (χ3v) is 4.56. The van der Waals surface area contributed by atoms with Crippen LogP contribution in [0.3, 0.4) is 0 Å². The lowest BCUT2D eigenvalue weighted by Crippen LogP contribution is -2.26. The standard InChI is InChI=1S/C21H18ClFO5/c1-4-26-21(25)12(3)27-17-9-8-13-19(24)18(28-20(13)11(17)2)10-14-15(22)6-5-7-16(14)23/h5-10,12H,4H2,1-3H3/b18-10-. The quantitative estimate of drug-likeness (QED) is 0.532. The molecule has 0 fully saturated rings. The number of fused-ring (bicyclic) bond motifs is 1. The average Bonchev–Trinajstić information content (AvgIpc) is 2.97. The lowest BCUT2D eigenvalue weighted by atomic mass is 10.1. The van der Waals surface area contributed by atoms with E-state index in [2.05, 4.69) is 0 Å². The van der Waals surface area contributed by atoms with Gasteiger partial charge in [0.25, 0.3) is 0 Å². The first-order valence-electron chi connectivity index (χ1n) is 8.68. The molecule has 1 aliphatic rings. The molecule has 0 radical (unpaired) electrons. The molecule has 0 aromatic heterocycles. The van der Waals surface area contributed by atoms with E-state index in [-0.39, 0.29) is 28.7 Å². The number of ether oxygens (including phenoxy) is 3. The van der Waals surface area contributed by atoms with E-state index in [1.54, 1.807) is 32.9 Å². The van der Waals surface area contributed by atoms with Crippen molar-refractivity contribution < 1.29 is 28.2 Å². The molecule has 1 aliphatic heterocycles. The van der Waals surface area contributed by atoms with Gasteiger partial charge >= 0.3 is 5.97 Å². The molecule has 1 atom stereocenters. The van der Waals surface area contributed by atoms with Crippen LogP contribution in [-0.4, -0.2) is 24.5 Å². The van der Waals surface area contributed by atoms with Crippen molar-refractivity contribution in [2.24, 2.45) is 0 Å². The molecule has 5 nitrogen and oxygen atoms in total. The SMILES string of the molecule is CCOC(=O)C(C)Oc1ccc2c(c1C)O/C(=C\c1c(F)cccc1Cl)C2=O. The van der Waals surface area contributed by atoms with Crippen LogP contribution in [0.25, 0.3) is 6.08 Å². The summed E-state index contributed by atoms with van der Waals surface area (Å²) in [5.41, 5.74) is 0.947. The Balaban J connectivity index is 1.91. The van der Waals surface area contributed by atoms with Crippen molar-refractivity contribution in [2.45, 2.75) is 26.9 Å². The van der Waals surface area contributed by atoms with Crippen molar-refractivity contribution in [2.75, 3.05) is 6.61 Å². The molecule has 0 amide bonds. The highest BCUT2D eigenvalue weighted by Crippen LogP contribution is 2.40. The fraction of sp³-hybridized carbons (Fsp3) is 0.238. The van der Waals surface area contributed by atoms with Crippen LogP contribution >= 0.6 is 11.6 Å². The van der Waals surface area contributed by atoms with E-state index in [4.69, 9.17) is 25.8 Å². The van der Waals surface area contributed by atoms with Crippen LogP contribution in [0.1, 0.15) is 35.3 Å². The predicted octanol–water partition coefficient (Wildman–Crippen LogP) is 4.73. The Morgan fingerprint density at radius 1 is 1.32 bits per heavy atom. The van der Waals surface area contributed by atoms with E-state index in [0.717, 1.165) is 0 Å². The Labute approximate surface area is 166 Å². The number of hydrogen-bond acceptors (Lipinski definition) is 5. The highest BCUT2D eigenvalue weighted by Gasteiger charge is 2.31. The van der Waals surface area contributed by atoms with Gasteiger partial charge in [-0.3, -0.25) is 4.79 Å². The Kier molecular flexibility index (Phi) is 5.70. The van der Waals surface area contributed by atoms with Crippen molar-refractivity contribution in [3.05, 3.63) is 63.6 Å². The molecule has 2 aromatic carbocycles. The summed E-state index contributed by atoms with van der Waals surface area (Å²) in [6, 6.07) is 7.38. The zero-order valence-corrected chi connectivity index (χ0v) is 16.3. The molecule has 0 N–H and O–H groups in total. The topological polar surface area (TPSA) is 61.8 Å². The summed E-state index contributed by atoms with van der Waals surface area (Å²) in [6.45, 7) is 5.24. The van der Waals surface area contributed by atoms with Crippen molar-refractivity contribution in [3.63, 3.8) is 0 Å². The van der Waals surface area contributed by atoms with Crippen molar-refractivity contribution >= 4 is 29.4 Å². The summed E-state index contributed by atoms with van der Waals surface area (Å²) in [5, 5.41) is 0.170. The Bertz CT molecular complexity index is 963. The molecule has 7 heteroatoms. The highest BCUT2D eigenvalue weighted by molar-refractivity contribution is 6.32. The molecule has 1 unspecified atom stereocenters. The highest BCUT2D eigenvalue weighted by atomic mass is 35.5. The summed E-state index contributed by atoms with van der Waals surface area (Å²) in [7, 11) is 0. The van der Waals surface area contributed by atoms with E-state index >= 15 is 0 Å². The van der Waals surface area contributed by atoms with E-state index in [9.17, 15) is 14.0 Å². The van der Waals surface area contributed by atoms with Gasteiger partial charge < -0.3 is 14.2 Å². The second-order valence-corrected chi connectivity index (χ2v) is 6.56. The van der Waals surface area contributed by atoms with Crippen molar-refractivity contribution in [1.82, 2.24) is 0 Å². The van der Waals surface area contributed by atoms with Gasteiger partial charge in [0.15, 0.2) is 11.9 Å². The van der Waals surface area contributed by atoms with E-state index in [0.29, 0.717) is 22.6 Å². The number of halogens is 2. The number of Topliss-reactive ketones (excluding diaryl/α,β-unsaturated/α-hetero) is 1. The lowest BCUT2D eigenvalue weighted by Gasteiger charge is -2.16. The predicted molar refractivity (Wildman–Crippen MR) is 102 cm³/mol. The molecule has 0 bridgehead atoms. The Morgan fingerprint density at radius 3 is 2.75 bits per heavy atom. The summed E-state index contributed by atoms with van der Waals surface area (Å²) in [4.78, 5) is 24.4. The summed E-state index contributed by atoms with van der Waals surface area (Å²) in [5.74, 6) is -0.789. The van der Waals surface area contributed by atoms with E-state index in [1.807, 2.05) is 0 Å². The Hall–Kier alpha value is -2.86. The van der Waals surface area contributed by atoms with Gasteiger partial charge in [-0.1, -0.05) is 17.7 Å². The smallest absolute Gasteiger partial charge is 0.347 e. The molecular formula is C21H18ClFO5. The molecule has 28 heavy (non-hydrogen) atoms. The third-order valence-electron chi connectivity index (χ3n) is 4.23. The van der Waals surface area contributed by atoms with Crippen molar-refractivity contribution in [3.8, 4) is 11.5 Å². The summed E-state index contributed by atoms with van der Waals surface area (Å²) < 4.78 is 30.3.